The first-order valence-corrected chi connectivity index (χ1v) is 4.58. The van der Waals surface area contributed by atoms with Gasteiger partial charge >= 0.3 is 0 Å². The molecule has 0 radical (unpaired) electrons. The molecule has 0 heterocycles. The van der Waals surface area contributed by atoms with Crippen molar-refractivity contribution in [2.45, 2.75) is 45.1 Å². The second-order valence-electron chi connectivity index (χ2n) is 3.80. The number of nitrogens with one attached hydrogen (secondary N) is 1. The Bertz CT molecular complexity index is 139. The van der Waals surface area contributed by atoms with Gasteiger partial charge < -0.3 is 5.32 Å². The Morgan fingerprint density at radius 3 is 2.45 bits per heavy atom. The predicted molar refractivity (Wildman–Crippen MR) is 49.7 cm³/mol. The molecule has 0 amide bonds. The monoisotopic (exact) mass is 153 g/mol. The Hall–Kier alpha value is -0.300. The van der Waals surface area contributed by atoms with E-state index in [1.54, 1.807) is 0 Å². The maximum Gasteiger partial charge on any atom is 0.0182 e. The van der Waals surface area contributed by atoms with Crippen LogP contribution in [0, 0.1) is 0 Å². The third-order valence-corrected chi connectivity index (χ3v) is 2.75. The summed E-state index contributed by atoms with van der Waals surface area (Å²) in [5.41, 5.74) is 1.73. The van der Waals surface area contributed by atoms with Crippen LogP contribution in [0.2, 0.25) is 0 Å². The van der Waals surface area contributed by atoms with Crippen molar-refractivity contribution >= 4 is 0 Å². The Morgan fingerprint density at radius 2 is 2.18 bits per heavy atom. The van der Waals surface area contributed by atoms with E-state index in [1.807, 2.05) is 0 Å². The normalized spacial score (nSPS) is 20.9. The molecule has 0 saturated heterocycles. The van der Waals surface area contributed by atoms with Gasteiger partial charge in [-0.15, -0.1) is 0 Å². The average molecular weight is 153 g/mol. The summed E-state index contributed by atoms with van der Waals surface area (Å²) in [6.45, 7) is 9.23. The van der Waals surface area contributed by atoms with E-state index in [2.05, 4.69) is 25.7 Å². The van der Waals surface area contributed by atoms with Gasteiger partial charge in [0.05, 0.1) is 0 Å². The van der Waals surface area contributed by atoms with Gasteiger partial charge in [0.1, 0.15) is 0 Å². The van der Waals surface area contributed by atoms with Crippen LogP contribution in [0.15, 0.2) is 12.2 Å². The molecule has 0 spiro atoms. The summed E-state index contributed by atoms with van der Waals surface area (Å²) in [5, 5.41) is 3.58. The fourth-order valence-corrected chi connectivity index (χ4v) is 1.60. The molecule has 0 unspecified atom stereocenters. The molecule has 0 aromatic heterocycles. The van der Waals surface area contributed by atoms with E-state index in [1.165, 1.54) is 31.3 Å². The van der Waals surface area contributed by atoms with E-state index in [0.29, 0.717) is 5.54 Å². The Balaban J connectivity index is 2.27. The summed E-state index contributed by atoms with van der Waals surface area (Å²) >= 11 is 0. The predicted octanol–water partition coefficient (Wildman–Crippen LogP) is 2.48. The average Bonchev–Trinajstić information content (AvgIpc) is 1.86. The molecule has 64 valence electrons. The largest absolute Gasteiger partial charge is 0.308 e. The fraction of sp³-hybridized carbons (Fsp3) is 0.800. The SMILES string of the molecule is C=C(C)CNC1(CC)CCC1. The highest BCUT2D eigenvalue weighted by Crippen LogP contribution is 2.34. The quantitative estimate of drug-likeness (QED) is 0.612. The van der Waals surface area contributed by atoms with E-state index >= 15 is 0 Å². The Morgan fingerprint density at radius 1 is 1.55 bits per heavy atom. The van der Waals surface area contributed by atoms with E-state index in [-0.39, 0.29) is 0 Å². The maximum absolute atomic E-state index is 3.89. The zero-order chi connectivity index (χ0) is 8.32. The van der Waals surface area contributed by atoms with Crippen molar-refractivity contribution in [2.75, 3.05) is 6.54 Å². The van der Waals surface area contributed by atoms with Crippen LogP contribution in [0.1, 0.15) is 39.5 Å². The number of rotatable bonds is 4. The standard InChI is InChI=1S/C10H19N/c1-4-10(6-5-7-10)11-8-9(2)3/h11H,2,4-8H2,1,3H3. The van der Waals surface area contributed by atoms with Gasteiger partial charge in [0, 0.05) is 12.1 Å². The summed E-state index contributed by atoms with van der Waals surface area (Å²) < 4.78 is 0. The summed E-state index contributed by atoms with van der Waals surface area (Å²) in [5.74, 6) is 0. The van der Waals surface area contributed by atoms with Crippen molar-refractivity contribution in [1.29, 1.82) is 0 Å². The van der Waals surface area contributed by atoms with Crippen LogP contribution in [0.5, 0.6) is 0 Å². The van der Waals surface area contributed by atoms with Crippen LogP contribution < -0.4 is 5.32 Å². The van der Waals surface area contributed by atoms with Crippen LogP contribution in [-0.2, 0) is 0 Å². The number of hydrogen-bond donors (Lipinski definition) is 1. The highest BCUT2D eigenvalue weighted by molar-refractivity contribution is 5.00. The molecule has 0 aromatic rings. The minimum absolute atomic E-state index is 0.485. The third kappa shape index (κ3) is 2.06. The van der Waals surface area contributed by atoms with Crippen LogP contribution in [0.25, 0.3) is 0 Å². The van der Waals surface area contributed by atoms with Crippen molar-refractivity contribution in [3.8, 4) is 0 Å². The lowest BCUT2D eigenvalue weighted by Gasteiger charge is -2.42. The summed E-state index contributed by atoms with van der Waals surface area (Å²) in [6, 6.07) is 0. The van der Waals surface area contributed by atoms with Gasteiger partial charge in [-0.25, -0.2) is 0 Å². The second-order valence-corrected chi connectivity index (χ2v) is 3.80. The molecular formula is C10H19N. The molecule has 0 aromatic carbocycles. The molecule has 0 aliphatic heterocycles. The zero-order valence-electron chi connectivity index (χ0n) is 7.74. The lowest BCUT2D eigenvalue weighted by molar-refractivity contribution is 0.183. The smallest absolute Gasteiger partial charge is 0.0182 e. The summed E-state index contributed by atoms with van der Waals surface area (Å²) in [6.07, 6.45) is 5.38. The van der Waals surface area contributed by atoms with Crippen LogP contribution in [0.3, 0.4) is 0 Å². The lowest BCUT2D eigenvalue weighted by Crippen LogP contribution is -2.50. The topological polar surface area (TPSA) is 12.0 Å². The highest BCUT2D eigenvalue weighted by Gasteiger charge is 2.33. The molecule has 1 aliphatic rings. The molecule has 11 heavy (non-hydrogen) atoms. The molecule has 1 rings (SSSR count). The Kier molecular flexibility index (Phi) is 2.72. The van der Waals surface area contributed by atoms with Gasteiger partial charge in [-0.1, -0.05) is 19.1 Å². The van der Waals surface area contributed by atoms with E-state index in [4.69, 9.17) is 0 Å². The van der Waals surface area contributed by atoms with Crippen molar-refractivity contribution in [1.82, 2.24) is 5.32 Å². The van der Waals surface area contributed by atoms with Gasteiger partial charge in [0.25, 0.3) is 0 Å². The van der Waals surface area contributed by atoms with Crippen LogP contribution in [0.4, 0.5) is 0 Å². The third-order valence-electron chi connectivity index (χ3n) is 2.75. The van der Waals surface area contributed by atoms with Crippen molar-refractivity contribution < 1.29 is 0 Å². The molecule has 0 atom stereocenters. The minimum Gasteiger partial charge on any atom is -0.308 e. The van der Waals surface area contributed by atoms with E-state index < -0.39 is 0 Å². The van der Waals surface area contributed by atoms with Crippen LogP contribution >= 0.6 is 0 Å². The van der Waals surface area contributed by atoms with Gasteiger partial charge in [0.2, 0.25) is 0 Å². The first kappa shape index (κ1) is 8.79. The van der Waals surface area contributed by atoms with Gasteiger partial charge in [-0.05, 0) is 32.6 Å². The fourth-order valence-electron chi connectivity index (χ4n) is 1.60. The molecule has 0 bridgehead atoms. The molecule has 1 saturated carbocycles. The summed E-state index contributed by atoms with van der Waals surface area (Å²) in [7, 11) is 0. The van der Waals surface area contributed by atoms with Crippen LogP contribution in [-0.4, -0.2) is 12.1 Å². The molecule has 1 N–H and O–H groups in total. The lowest BCUT2D eigenvalue weighted by atomic mass is 9.75. The molecule has 1 fully saturated rings. The zero-order valence-corrected chi connectivity index (χ0v) is 7.74. The molecular weight excluding hydrogens is 134 g/mol. The van der Waals surface area contributed by atoms with Gasteiger partial charge in [-0.2, -0.15) is 0 Å². The number of hydrogen-bond acceptors (Lipinski definition) is 1. The highest BCUT2D eigenvalue weighted by atomic mass is 15.0. The van der Waals surface area contributed by atoms with Crippen molar-refractivity contribution in [3.05, 3.63) is 12.2 Å². The van der Waals surface area contributed by atoms with Gasteiger partial charge in [0.15, 0.2) is 0 Å². The maximum atomic E-state index is 3.89. The summed E-state index contributed by atoms with van der Waals surface area (Å²) in [4.78, 5) is 0. The van der Waals surface area contributed by atoms with Gasteiger partial charge in [-0.3, -0.25) is 0 Å². The van der Waals surface area contributed by atoms with E-state index in [0.717, 1.165) is 6.54 Å². The van der Waals surface area contributed by atoms with Crippen molar-refractivity contribution in [2.24, 2.45) is 0 Å². The van der Waals surface area contributed by atoms with Crippen molar-refractivity contribution in [3.63, 3.8) is 0 Å². The Labute approximate surface area is 69.9 Å². The minimum atomic E-state index is 0.485. The molecule has 1 aliphatic carbocycles. The first-order valence-electron chi connectivity index (χ1n) is 4.58. The van der Waals surface area contributed by atoms with E-state index in [9.17, 15) is 0 Å². The second kappa shape index (κ2) is 3.40. The molecule has 1 heteroatoms. The molecule has 1 nitrogen and oxygen atoms in total. The first-order chi connectivity index (χ1) is 5.18.